The number of carbonyl (C=O) groups is 2. The first kappa shape index (κ1) is 22.8. The number of para-hydroxylation sites is 1. The van der Waals surface area contributed by atoms with Gasteiger partial charge >= 0.3 is 6.03 Å². The second-order valence-corrected chi connectivity index (χ2v) is 9.52. The fourth-order valence-corrected chi connectivity index (χ4v) is 5.30. The van der Waals surface area contributed by atoms with Crippen LogP contribution in [-0.2, 0) is 4.79 Å². The van der Waals surface area contributed by atoms with E-state index in [4.69, 9.17) is 0 Å². The zero-order chi connectivity index (χ0) is 22.3. The number of fused-ring (bicyclic) bond motifs is 1. The van der Waals surface area contributed by atoms with Crippen LogP contribution in [0.5, 0.6) is 0 Å². The molecule has 32 heavy (non-hydrogen) atoms. The monoisotopic (exact) mass is 452 g/mol. The van der Waals surface area contributed by atoms with Crippen LogP contribution in [0.3, 0.4) is 0 Å². The second kappa shape index (κ2) is 11.0. The van der Waals surface area contributed by atoms with Gasteiger partial charge in [-0.1, -0.05) is 37.3 Å². The Balaban J connectivity index is 1.21. The maximum absolute atomic E-state index is 12.7. The fraction of sp³-hybridized carbons (Fsp3) is 0.480. The molecule has 1 atom stereocenters. The molecule has 0 spiro atoms. The van der Waals surface area contributed by atoms with Crippen molar-refractivity contribution in [2.45, 2.75) is 31.1 Å². The maximum Gasteiger partial charge on any atom is 0.350 e. The minimum atomic E-state index is -0.422. The molecule has 3 amide bonds. The molecule has 0 N–H and O–H groups in total. The zero-order valence-electron chi connectivity index (χ0n) is 18.8. The van der Waals surface area contributed by atoms with Crippen molar-refractivity contribution in [3.05, 3.63) is 48.6 Å². The molecule has 0 radical (unpaired) electrons. The van der Waals surface area contributed by atoms with E-state index in [0.717, 1.165) is 51.3 Å². The smallest absolute Gasteiger partial charge is 0.350 e. The van der Waals surface area contributed by atoms with E-state index in [2.05, 4.69) is 46.0 Å². The van der Waals surface area contributed by atoms with Crippen molar-refractivity contribution in [3.8, 4) is 0 Å². The summed E-state index contributed by atoms with van der Waals surface area (Å²) in [6.45, 7) is 7.82. The van der Waals surface area contributed by atoms with Crippen molar-refractivity contribution in [3.63, 3.8) is 0 Å². The van der Waals surface area contributed by atoms with Gasteiger partial charge in [0.1, 0.15) is 0 Å². The summed E-state index contributed by atoms with van der Waals surface area (Å²) >= 11 is 1.95. The van der Waals surface area contributed by atoms with E-state index in [9.17, 15) is 9.59 Å². The standard InChI is InChI=1S/C25H32N4O2S/c1-2-19-32-23-12-6-5-11-22(23)28-17-15-27(16-18-28)13-7-8-14-29-24(30)20-9-3-4-10-21(20)26-25(29)31/h3-6,9-12,20H,2,7-8,13-19H2,1H3. The van der Waals surface area contributed by atoms with Gasteiger partial charge in [-0.25, -0.2) is 4.79 Å². The normalized spacial score (nSPS) is 21.2. The Labute approximate surface area is 195 Å². The highest BCUT2D eigenvalue weighted by atomic mass is 32.2. The minimum Gasteiger partial charge on any atom is -0.368 e. The third kappa shape index (κ3) is 5.33. The number of piperazine rings is 1. The average molecular weight is 453 g/mol. The summed E-state index contributed by atoms with van der Waals surface area (Å²) < 4.78 is 0. The number of hydrogen-bond donors (Lipinski definition) is 0. The van der Waals surface area contributed by atoms with Gasteiger partial charge < -0.3 is 4.90 Å². The molecule has 7 heteroatoms. The third-order valence-electron chi connectivity index (χ3n) is 6.13. The molecule has 1 aliphatic carbocycles. The van der Waals surface area contributed by atoms with Gasteiger partial charge in [0, 0.05) is 37.6 Å². The Morgan fingerprint density at radius 2 is 1.81 bits per heavy atom. The molecule has 1 aromatic rings. The molecule has 2 aliphatic heterocycles. The molecular weight excluding hydrogens is 420 g/mol. The molecule has 0 aromatic heterocycles. The Morgan fingerprint density at radius 3 is 2.62 bits per heavy atom. The van der Waals surface area contributed by atoms with Crippen molar-refractivity contribution in [2.24, 2.45) is 10.9 Å². The van der Waals surface area contributed by atoms with E-state index < -0.39 is 11.9 Å². The maximum atomic E-state index is 12.7. The van der Waals surface area contributed by atoms with Crippen molar-refractivity contribution >= 4 is 35.1 Å². The number of nitrogens with zero attached hydrogens (tertiary/aromatic N) is 4. The Kier molecular flexibility index (Phi) is 7.81. The van der Waals surface area contributed by atoms with Gasteiger partial charge in [-0.15, -0.1) is 11.8 Å². The number of hydrogen-bond acceptors (Lipinski definition) is 5. The van der Waals surface area contributed by atoms with Gasteiger partial charge in [0.15, 0.2) is 0 Å². The Morgan fingerprint density at radius 1 is 1.03 bits per heavy atom. The topological polar surface area (TPSA) is 56.2 Å². The van der Waals surface area contributed by atoms with Gasteiger partial charge in [-0.3, -0.25) is 14.6 Å². The van der Waals surface area contributed by atoms with Crippen LogP contribution in [0.4, 0.5) is 10.5 Å². The van der Waals surface area contributed by atoms with E-state index in [1.54, 1.807) is 6.08 Å². The first-order valence-corrected chi connectivity index (χ1v) is 12.6. The van der Waals surface area contributed by atoms with Crippen LogP contribution in [-0.4, -0.2) is 72.5 Å². The number of benzene rings is 1. The third-order valence-corrected chi connectivity index (χ3v) is 7.40. The molecule has 1 saturated heterocycles. The van der Waals surface area contributed by atoms with E-state index >= 15 is 0 Å². The summed E-state index contributed by atoms with van der Waals surface area (Å²) in [6.07, 6.45) is 10.2. The van der Waals surface area contributed by atoms with E-state index in [-0.39, 0.29) is 5.91 Å². The largest absolute Gasteiger partial charge is 0.368 e. The summed E-state index contributed by atoms with van der Waals surface area (Å²) in [5.74, 6) is 0.609. The van der Waals surface area contributed by atoms with Crippen molar-refractivity contribution in [1.29, 1.82) is 0 Å². The lowest BCUT2D eigenvalue weighted by Crippen LogP contribution is -2.47. The Hall–Kier alpha value is -2.38. The molecular formula is C25H32N4O2S. The van der Waals surface area contributed by atoms with Gasteiger partial charge in [0.25, 0.3) is 0 Å². The number of urea groups is 1. The molecule has 3 aliphatic rings. The quantitative estimate of drug-likeness (QED) is 0.414. The van der Waals surface area contributed by atoms with Crippen LogP contribution in [0.15, 0.2) is 58.5 Å². The molecule has 170 valence electrons. The van der Waals surface area contributed by atoms with E-state index in [1.807, 2.05) is 30.0 Å². The van der Waals surface area contributed by atoms with Crippen molar-refractivity contribution < 1.29 is 9.59 Å². The number of thioether (sulfide) groups is 1. The highest BCUT2D eigenvalue weighted by Gasteiger charge is 2.35. The van der Waals surface area contributed by atoms with Gasteiger partial charge in [0.2, 0.25) is 5.91 Å². The molecule has 4 rings (SSSR count). The lowest BCUT2D eigenvalue weighted by atomic mass is 9.95. The van der Waals surface area contributed by atoms with Crippen LogP contribution >= 0.6 is 11.8 Å². The summed E-state index contributed by atoms with van der Waals surface area (Å²) in [4.78, 5) is 36.7. The number of amides is 3. The molecule has 0 saturated carbocycles. The van der Waals surface area contributed by atoms with E-state index in [0.29, 0.717) is 12.3 Å². The van der Waals surface area contributed by atoms with Crippen molar-refractivity contribution in [1.82, 2.24) is 9.80 Å². The predicted octanol–water partition coefficient (Wildman–Crippen LogP) is 4.24. The molecule has 2 heterocycles. The number of rotatable bonds is 9. The van der Waals surface area contributed by atoms with Crippen LogP contribution in [0.1, 0.15) is 26.2 Å². The van der Waals surface area contributed by atoms with Crippen LogP contribution in [0.2, 0.25) is 0 Å². The lowest BCUT2D eigenvalue weighted by Gasteiger charge is -2.37. The average Bonchev–Trinajstić information content (AvgIpc) is 2.83. The summed E-state index contributed by atoms with van der Waals surface area (Å²) in [5.41, 5.74) is 1.92. The predicted molar refractivity (Wildman–Crippen MR) is 132 cm³/mol. The molecule has 0 bridgehead atoms. The molecule has 1 unspecified atom stereocenters. The summed E-state index contributed by atoms with van der Waals surface area (Å²) in [7, 11) is 0. The van der Waals surface area contributed by atoms with Gasteiger partial charge in [-0.05, 0) is 49.8 Å². The summed E-state index contributed by atoms with van der Waals surface area (Å²) in [6, 6.07) is 8.31. The highest BCUT2D eigenvalue weighted by molar-refractivity contribution is 7.99. The van der Waals surface area contributed by atoms with Crippen LogP contribution < -0.4 is 4.90 Å². The van der Waals surface area contributed by atoms with Crippen LogP contribution in [0, 0.1) is 5.92 Å². The molecule has 1 aromatic carbocycles. The van der Waals surface area contributed by atoms with E-state index in [1.165, 1.54) is 21.9 Å². The van der Waals surface area contributed by atoms with Crippen LogP contribution in [0.25, 0.3) is 0 Å². The number of aliphatic imine (C=N–C) groups is 1. The highest BCUT2D eigenvalue weighted by Crippen LogP contribution is 2.31. The fourth-order valence-electron chi connectivity index (χ4n) is 4.36. The number of allylic oxidation sites excluding steroid dienone is 3. The second-order valence-electron chi connectivity index (χ2n) is 8.38. The number of imide groups is 1. The van der Waals surface area contributed by atoms with Crippen molar-refractivity contribution in [2.75, 3.05) is 49.9 Å². The first-order chi connectivity index (χ1) is 15.7. The zero-order valence-corrected chi connectivity index (χ0v) is 19.6. The number of carbonyl (C=O) groups excluding carboxylic acids is 2. The minimum absolute atomic E-state index is 0.145. The van der Waals surface area contributed by atoms with Gasteiger partial charge in [-0.2, -0.15) is 4.99 Å². The number of anilines is 1. The van der Waals surface area contributed by atoms with Gasteiger partial charge in [0.05, 0.1) is 17.3 Å². The lowest BCUT2D eigenvalue weighted by molar-refractivity contribution is -0.129. The summed E-state index contributed by atoms with van der Waals surface area (Å²) in [5, 5.41) is 0. The SMILES string of the molecule is CCCSc1ccccc1N1CCN(CCCCN2C(=O)N=C3C=CC=CC3C2=O)CC1. The first-order valence-electron chi connectivity index (χ1n) is 11.7. The molecule has 1 fully saturated rings. The Bertz CT molecular complexity index is 918. The number of unbranched alkanes of at least 4 members (excludes halogenated alkanes) is 1. The molecule has 6 nitrogen and oxygen atoms in total.